The Morgan fingerprint density at radius 3 is 2.71 bits per heavy atom. The Hall–Kier alpha value is -1.90. The SMILES string of the molecule is O=C(C1CC1)N1CCc2cc(Br)cc(S(=O)(=O)NCCN3CCCc4ccccc43)c21. The summed E-state index contributed by atoms with van der Waals surface area (Å²) in [7, 11) is -3.76. The zero-order chi connectivity index (χ0) is 21.6. The highest BCUT2D eigenvalue weighted by Crippen LogP contribution is 2.41. The van der Waals surface area contributed by atoms with Gasteiger partial charge in [-0.05, 0) is 61.4 Å². The molecule has 0 unspecified atom stereocenters. The topological polar surface area (TPSA) is 69.7 Å². The highest BCUT2D eigenvalue weighted by Gasteiger charge is 2.39. The molecule has 2 heterocycles. The monoisotopic (exact) mass is 503 g/mol. The number of nitrogens with one attached hydrogen (secondary N) is 1. The van der Waals surface area contributed by atoms with Gasteiger partial charge in [0.05, 0.1) is 5.69 Å². The predicted octanol–water partition coefficient (Wildman–Crippen LogP) is 3.48. The maximum Gasteiger partial charge on any atom is 0.242 e. The van der Waals surface area contributed by atoms with Gasteiger partial charge in [0.25, 0.3) is 0 Å². The molecule has 0 aromatic heterocycles. The van der Waals surface area contributed by atoms with Gasteiger partial charge in [-0.2, -0.15) is 0 Å². The van der Waals surface area contributed by atoms with E-state index in [2.05, 4.69) is 37.7 Å². The number of benzene rings is 2. The van der Waals surface area contributed by atoms with Crippen molar-refractivity contribution in [1.29, 1.82) is 0 Å². The van der Waals surface area contributed by atoms with Crippen molar-refractivity contribution in [3.05, 3.63) is 52.0 Å². The van der Waals surface area contributed by atoms with Crippen LogP contribution in [0.2, 0.25) is 0 Å². The number of fused-ring (bicyclic) bond motifs is 2. The third-order valence-electron chi connectivity index (χ3n) is 6.36. The lowest BCUT2D eigenvalue weighted by atomic mass is 10.0. The number of anilines is 2. The number of rotatable bonds is 6. The minimum atomic E-state index is -3.76. The fourth-order valence-electron chi connectivity index (χ4n) is 4.68. The molecule has 1 amide bonds. The Kier molecular flexibility index (Phi) is 5.56. The Bertz CT molecular complexity index is 1130. The number of para-hydroxylation sites is 1. The van der Waals surface area contributed by atoms with Gasteiger partial charge in [-0.15, -0.1) is 0 Å². The average Bonchev–Trinajstić information content (AvgIpc) is 3.52. The lowest BCUT2D eigenvalue weighted by molar-refractivity contribution is -0.119. The van der Waals surface area contributed by atoms with E-state index in [0.29, 0.717) is 31.7 Å². The lowest BCUT2D eigenvalue weighted by Gasteiger charge is -2.31. The van der Waals surface area contributed by atoms with Crippen LogP contribution in [-0.2, 0) is 27.7 Å². The third-order valence-corrected chi connectivity index (χ3v) is 8.29. The summed E-state index contributed by atoms with van der Waals surface area (Å²) in [5.41, 5.74) is 3.98. The van der Waals surface area contributed by atoms with Crippen LogP contribution >= 0.6 is 15.9 Å². The zero-order valence-corrected chi connectivity index (χ0v) is 19.7. The van der Waals surface area contributed by atoms with E-state index < -0.39 is 10.0 Å². The van der Waals surface area contributed by atoms with Crippen LogP contribution < -0.4 is 14.5 Å². The van der Waals surface area contributed by atoms with E-state index in [9.17, 15) is 13.2 Å². The van der Waals surface area contributed by atoms with Gasteiger partial charge in [0, 0.05) is 42.3 Å². The quantitative estimate of drug-likeness (QED) is 0.654. The van der Waals surface area contributed by atoms with Crippen molar-refractivity contribution < 1.29 is 13.2 Å². The van der Waals surface area contributed by atoms with Crippen molar-refractivity contribution in [3.63, 3.8) is 0 Å². The van der Waals surface area contributed by atoms with E-state index in [-0.39, 0.29) is 16.7 Å². The van der Waals surface area contributed by atoms with E-state index in [1.54, 1.807) is 11.0 Å². The highest BCUT2D eigenvalue weighted by molar-refractivity contribution is 9.10. The molecule has 0 bridgehead atoms. The molecular weight excluding hydrogens is 478 g/mol. The van der Waals surface area contributed by atoms with Gasteiger partial charge in [-0.3, -0.25) is 4.79 Å². The molecule has 2 aromatic carbocycles. The fraction of sp³-hybridized carbons (Fsp3) is 0.435. The molecule has 0 radical (unpaired) electrons. The summed E-state index contributed by atoms with van der Waals surface area (Å²) < 4.78 is 30.1. The van der Waals surface area contributed by atoms with Crippen LogP contribution in [0, 0.1) is 5.92 Å². The molecule has 1 saturated carbocycles. The van der Waals surface area contributed by atoms with Crippen LogP contribution in [0.3, 0.4) is 0 Å². The summed E-state index contributed by atoms with van der Waals surface area (Å²) >= 11 is 3.45. The number of amides is 1. The molecule has 1 N–H and O–H groups in total. The molecule has 5 rings (SSSR count). The Balaban J connectivity index is 1.35. The van der Waals surface area contributed by atoms with E-state index in [0.717, 1.165) is 42.3 Å². The van der Waals surface area contributed by atoms with Crippen molar-refractivity contribution in [3.8, 4) is 0 Å². The van der Waals surface area contributed by atoms with Gasteiger partial charge in [0.2, 0.25) is 15.9 Å². The van der Waals surface area contributed by atoms with Gasteiger partial charge in [-0.1, -0.05) is 34.1 Å². The molecule has 2 aromatic rings. The van der Waals surface area contributed by atoms with Crippen LogP contribution in [-0.4, -0.2) is 40.5 Å². The summed E-state index contributed by atoms with van der Waals surface area (Å²) in [6, 6.07) is 11.9. The summed E-state index contributed by atoms with van der Waals surface area (Å²) in [6.45, 7) is 2.40. The second-order valence-corrected chi connectivity index (χ2v) is 11.2. The van der Waals surface area contributed by atoms with Crippen LogP contribution in [0.4, 0.5) is 11.4 Å². The first-order chi connectivity index (χ1) is 14.9. The standard InChI is InChI=1S/C23H26BrN3O3S/c24-19-14-18-9-12-27(23(28)17-7-8-17)22(18)21(15-19)31(29,30)25-10-13-26-11-3-5-16-4-1-2-6-20(16)26/h1-2,4,6,14-15,17,25H,3,5,7-13H2. The summed E-state index contributed by atoms with van der Waals surface area (Å²) in [5, 5.41) is 0. The molecule has 0 saturated heterocycles. The Morgan fingerprint density at radius 2 is 1.90 bits per heavy atom. The van der Waals surface area contributed by atoms with Crippen LogP contribution in [0.1, 0.15) is 30.4 Å². The summed E-state index contributed by atoms with van der Waals surface area (Å²) in [4.78, 5) is 16.9. The van der Waals surface area contributed by atoms with E-state index in [1.807, 2.05) is 18.2 Å². The molecule has 164 valence electrons. The van der Waals surface area contributed by atoms with Crippen LogP contribution in [0.25, 0.3) is 0 Å². The van der Waals surface area contributed by atoms with E-state index in [4.69, 9.17) is 0 Å². The molecule has 2 aliphatic heterocycles. The first-order valence-corrected chi connectivity index (χ1v) is 13.2. The number of nitrogens with zero attached hydrogens (tertiary/aromatic N) is 2. The second-order valence-electron chi connectivity index (χ2n) is 8.54. The number of aryl methyl sites for hydroxylation is 1. The van der Waals surface area contributed by atoms with Crippen molar-refractivity contribution in [1.82, 2.24) is 4.72 Å². The van der Waals surface area contributed by atoms with Gasteiger partial charge in [0.1, 0.15) is 4.90 Å². The van der Waals surface area contributed by atoms with E-state index in [1.165, 1.54) is 11.3 Å². The minimum Gasteiger partial charge on any atom is -0.370 e. The van der Waals surface area contributed by atoms with Crippen molar-refractivity contribution in [2.24, 2.45) is 5.92 Å². The van der Waals surface area contributed by atoms with Gasteiger partial charge in [-0.25, -0.2) is 13.1 Å². The molecule has 8 heteroatoms. The maximum absolute atomic E-state index is 13.3. The summed E-state index contributed by atoms with van der Waals surface area (Å²) in [6.07, 6.45) is 4.62. The molecule has 1 fully saturated rings. The van der Waals surface area contributed by atoms with Crippen LogP contribution in [0.5, 0.6) is 0 Å². The average molecular weight is 504 g/mol. The molecule has 3 aliphatic rings. The largest absolute Gasteiger partial charge is 0.370 e. The second kappa shape index (κ2) is 8.22. The lowest BCUT2D eigenvalue weighted by Crippen LogP contribution is -2.38. The van der Waals surface area contributed by atoms with Crippen molar-refractivity contribution in [2.75, 3.05) is 36.0 Å². The number of carbonyl (C=O) groups excluding carboxylic acids is 1. The van der Waals surface area contributed by atoms with E-state index >= 15 is 0 Å². The number of halogens is 1. The van der Waals surface area contributed by atoms with Crippen molar-refractivity contribution in [2.45, 2.75) is 37.0 Å². The van der Waals surface area contributed by atoms with Gasteiger partial charge < -0.3 is 9.80 Å². The first-order valence-electron chi connectivity index (χ1n) is 10.9. The Morgan fingerprint density at radius 1 is 1.10 bits per heavy atom. The number of hydrogen-bond acceptors (Lipinski definition) is 4. The van der Waals surface area contributed by atoms with Gasteiger partial charge >= 0.3 is 0 Å². The zero-order valence-electron chi connectivity index (χ0n) is 17.3. The number of hydrogen-bond donors (Lipinski definition) is 1. The predicted molar refractivity (Wildman–Crippen MR) is 125 cm³/mol. The molecule has 0 atom stereocenters. The molecule has 31 heavy (non-hydrogen) atoms. The summed E-state index contributed by atoms with van der Waals surface area (Å²) in [5.74, 6) is 0.111. The van der Waals surface area contributed by atoms with Crippen molar-refractivity contribution >= 4 is 43.2 Å². The maximum atomic E-state index is 13.3. The molecule has 1 aliphatic carbocycles. The third kappa shape index (κ3) is 4.13. The Labute approximate surface area is 191 Å². The fourth-order valence-corrected chi connectivity index (χ4v) is 6.63. The molecule has 6 nitrogen and oxygen atoms in total. The molecule has 0 spiro atoms. The first kappa shape index (κ1) is 21.0. The van der Waals surface area contributed by atoms with Crippen LogP contribution in [0.15, 0.2) is 45.8 Å². The minimum absolute atomic E-state index is 0.0530. The number of sulfonamides is 1. The highest BCUT2D eigenvalue weighted by atomic mass is 79.9. The molecular formula is C23H26BrN3O3S. The smallest absolute Gasteiger partial charge is 0.242 e. The van der Waals surface area contributed by atoms with Gasteiger partial charge in [0.15, 0.2) is 0 Å². The normalized spacial score (nSPS) is 18.1. The number of carbonyl (C=O) groups is 1.